The molecule has 5 nitrogen and oxygen atoms in total. The molecule has 0 aliphatic carbocycles. The summed E-state index contributed by atoms with van der Waals surface area (Å²) < 4.78 is 5.26. The van der Waals surface area contributed by atoms with Crippen molar-refractivity contribution >= 4 is 40.4 Å². The van der Waals surface area contributed by atoms with Gasteiger partial charge in [0.2, 0.25) is 0 Å². The number of aryl methyl sites for hydroxylation is 1. The van der Waals surface area contributed by atoms with Gasteiger partial charge in [-0.1, -0.05) is 48.9 Å². The van der Waals surface area contributed by atoms with E-state index < -0.39 is 11.8 Å². The van der Waals surface area contributed by atoms with E-state index in [0.717, 1.165) is 17.0 Å². The van der Waals surface area contributed by atoms with Crippen molar-refractivity contribution in [3.63, 3.8) is 0 Å². The maximum Gasteiger partial charge on any atom is 0.282 e. The number of nitrogens with one attached hydrogen (secondary N) is 1. The van der Waals surface area contributed by atoms with Crippen LogP contribution in [0.15, 0.2) is 78.5 Å². The second kappa shape index (κ2) is 8.66. The lowest BCUT2D eigenvalue weighted by atomic mass is 10.0. The lowest BCUT2D eigenvalue weighted by molar-refractivity contribution is -0.120. The monoisotopic (exact) mass is 432 g/mol. The number of hydrogen-bond donors (Lipinski definition) is 1. The average Bonchev–Trinajstić information content (AvgIpc) is 3.04. The zero-order chi connectivity index (χ0) is 22.0. The van der Waals surface area contributed by atoms with Crippen molar-refractivity contribution in [2.45, 2.75) is 13.3 Å². The molecule has 0 atom stereocenters. The molecule has 31 heavy (non-hydrogen) atoms. The van der Waals surface area contributed by atoms with E-state index in [9.17, 15) is 9.59 Å². The van der Waals surface area contributed by atoms with Crippen LogP contribution in [0.4, 0.5) is 11.4 Å². The van der Waals surface area contributed by atoms with Gasteiger partial charge in [-0.05, 0) is 53.9 Å². The second-order valence-electron chi connectivity index (χ2n) is 7.08. The van der Waals surface area contributed by atoms with Gasteiger partial charge in [-0.2, -0.15) is 0 Å². The van der Waals surface area contributed by atoms with Gasteiger partial charge >= 0.3 is 0 Å². The van der Waals surface area contributed by atoms with E-state index in [-0.39, 0.29) is 5.70 Å². The third kappa shape index (κ3) is 4.05. The van der Waals surface area contributed by atoms with E-state index in [1.807, 2.05) is 24.3 Å². The highest BCUT2D eigenvalue weighted by Gasteiger charge is 2.40. The quantitative estimate of drug-likeness (QED) is 0.536. The Bertz CT molecular complexity index is 1170. The van der Waals surface area contributed by atoms with Gasteiger partial charge in [-0.15, -0.1) is 0 Å². The van der Waals surface area contributed by atoms with Crippen LogP contribution >= 0.6 is 11.6 Å². The highest BCUT2D eigenvalue weighted by Crippen LogP contribution is 2.35. The Morgan fingerprint density at radius 3 is 2.29 bits per heavy atom. The summed E-state index contributed by atoms with van der Waals surface area (Å²) >= 11 is 6.03. The maximum atomic E-state index is 13.4. The molecule has 0 fully saturated rings. The minimum absolute atomic E-state index is 0.222. The molecule has 2 amide bonds. The normalized spacial score (nSPS) is 13.7. The Morgan fingerprint density at radius 1 is 0.935 bits per heavy atom. The van der Waals surface area contributed by atoms with Crippen molar-refractivity contribution in [3.05, 3.63) is 94.6 Å². The van der Waals surface area contributed by atoms with Gasteiger partial charge in [0.25, 0.3) is 11.8 Å². The van der Waals surface area contributed by atoms with E-state index >= 15 is 0 Å². The summed E-state index contributed by atoms with van der Waals surface area (Å²) in [5.41, 5.74) is 3.49. The molecule has 3 aromatic carbocycles. The molecule has 0 spiro atoms. The number of ether oxygens (including phenoxy) is 1. The number of nitrogens with zero attached hydrogens (tertiary/aromatic N) is 1. The summed E-state index contributed by atoms with van der Waals surface area (Å²) in [6.07, 6.45) is 0.917. The van der Waals surface area contributed by atoms with Crippen LogP contribution in [-0.4, -0.2) is 18.9 Å². The lowest BCUT2D eigenvalue weighted by Gasteiger charge is -2.16. The Hall–Kier alpha value is -3.57. The molecule has 1 heterocycles. The molecular formula is C25H21ClN2O3. The van der Waals surface area contributed by atoms with Crippen molar-refractivity contribution in [2.75, 3.05) is 17.3 Å². The number of carbonyl (C=O) groups is 2. The van der Waals surface area contributed by atoms with Crippen LogP contribution in [0.5, 0.6) is 5.75 Å². The second-order valence-corrected chi connectivity index (χ2v) is 7.52. The Kier molecular flexibility index (Phi) is 5.78. The fourth-order valence-electron chi connectivity index (χ4n) is 3.48. The van der Waals surface area contributed by atoms with Crippen LogP contribution in [0.3, 0.4) is 0 Å². The summed E-state index contributed by atoms with van der Waals surface area (Å²) in [6, 6.07) is 21.5. The maximum absolute atomic E-state index is 13.4. The molecular weight excluding hydrogens is 412 g/mol. The van der Waals surface area contributed by atoms with Crippen LogP contribution in [0.2, 0.25) is 5.02 Å². The van der Waals surface area contributed by atoms with E-state index in [4.69, 9.17) is 16.3 Å². The first-order chi connectivity index (χ1) is 15.0. The molecule has 156 valence electrons. The third-order valence-electron chi connectivity index (χ3n) is 5.16. The van der Waals surface area contributed by atoms with Crippen LogP contribution in [0.1, 0.15) is 18.1 Å². The molecule has 1 aliphatic rings. The molecule has 0 saturated heterocycles. The first-order valence-corrected chi connectivity index (χ1v) is 10.3. The summed E-state index contributed by atoms with van der Waals surface area (Å²) in [6.45, 7) is 2.08. The first-order valence-electron chi connectivity index (χ1n) is 9.91. The fourth-order valence-corrected chi connectivity index (χ4v) is 3.61. The molecule has 1 N–H and O–H groups in total. The number of rotatable bonds is 6. The van der Waals surface area contributed by atoms with Crippen LogP contribution in [-0.2, 0) is 16.0 Å². The molecule has 6 heteroatoms. The predicted octanol–water partition coefficient (Wildman–Crippen LogP) is 5.31. The number of anilines is 2. The molecule has 0 unspecified atom stereocenters. The van der Waals surface area contributed by atoms with Crippen LogP contribution < -0.4 is 15.0 Å². The van der Waals surface area contributed by atoms with E-state index in [1.165, 1.54) is 12.7 Å². The lowest BCUT2D eigenvalue weighted by Crippen LogP contribution is -2.32. The van der Waals surface area contributed by atoms with Gasteiger partial charge in [-0.25, -0.2) is 4.90 Å². The molecule has 0 aromatic heterocycles. The predicted molar refractivity (Wildman–Crippen MR) is 123 cm³/mol. The van der Waals surface area contributed by atoms with Gasteiger partial charge in [0.15, 0.2) is 0 Å². The van der Waals surface area contributed by atoms with Gasteiger partial charge in [0, 0.05) is 16.8 Å². The standard InChI is InChI=1S/C25H21ClN2O3/c1-3-16-7-13-19(14-8-16)27-23-22(17-9-11-18(26)12-10-17)24(29)28(25(23)30)20-5-4-6-21(15-20)31-2/h4-15,27H,3H2,1-2H3. The number of halogens is 1. The van der Waals surface area contributed by atoms with E-state index in [0.29, 0.717) is 27.6 Å². The highest BCUT2D eigenvalue weighted by molar-refractivity contribution is 6.46. The molecule has 0 radical (unpaired) electrons. The van der Waals surface area contributed by atoms with E-state index in [2.05, 4.69) is 12.2 Å². The van der Waals surface area contributed by atoms with Crippen molar-refractivity contribution in [1.82, 2.24) is 0 Å². The summed E-state index contributed by atoms with van der Waals surface area (Å²) in [7, 11) is 1.54. The molecule has 4 rings (SSSR count). The number of methoxy groups -OCH3 is 1. The fraction of sp³-hybridized carbons (Fsp3) is 0.120. The first kappa shape index (κ1) is 20.7. The Balaban J connectivity index is 1.79. The number of carbonyl (C=O) groups excluding carboxylic acids is 2. The highest BCUT2D eigenvalue weighted by atomic mass is 35.5. The average molecular weight is 433 g/mol. The summed E-state index contributed by atoms with van der Waals surface area (Å²) in [4.78, 5) is 28.0. The van der Waals surface area contributed by atoms with Gasteiger partial charge in [-0.3, -0.25) is 9.59 Å². The molecule has 0 saturated carbocycles. The number of amides is 2. The zero-order valence-corrected chi connectivity index (χ0v) is 17.9. The zero-order valence-electron chi connectivity index (χ0n) is 17.2. The van der Waals surface area contributed by atoms with E-state index in [1.54, 1.807) is 48.5 Å². The van der Waals surface area contributed by atoms with Crippen molar-refractivity contribution in [1.29, 1.82) is 0 Å². The minimum Gasteiger partial charge on any atom is -0.497 e. The van der Waals surface area contributed by atoms with Gasteiger partial charge in [0.1, 0.15) is 11.4 Å². The van der Waals surface area contributed by atoms with Crippen molar-refractivity contribution in [3.8, 4) is 5.75 Å². The number of hydrogen-bond acceptors (Lipinski definition) is 4. The third-order valence-corrected chi connectivity index (χ3v) is 5.41. The smallest absolute Gasteiger partial charge is 0.282 e. The largest absolute Gasteiger partial charge is 0.497 e. The topological polar surface area (TPSA) is 58.6 Å². The minimum atomic E-state index is -0.428. The number of benzene rings is 3. The summed E-state index contributed by atoms with van der Waals surface area (Å²) in [5, 5.41) is 3.72. The van der Waals surface area contributed by atoms with Gasteiger partial charge in [0.05, 0.1) is 18.4 Å². The van der Waals surface area contributed by atoms with Crippen molar-refractivity contribution < 1.29 is 14.3 Å². The van der Waals surface area contributed by atoms with Crippen molar-refractivity contribution in [2.24, 2.45) is 0 Å². The summed E-state index contributed by atoms with van der Waals surface area (Å²) in [5.74, 6) is -0.279. The van der Waals surface area contributed by atoms with Gasteiger partial charge < -0.3 is 10.1 Å². The van der Waals surface area contributed by atoms with Crippen LogP contribution in [0, 0.1) is 0 Å². The Labute approximate surface area is 185 Å². The SMILES string of the molecule is CCc1ccc(NC2=C(c3ccc(Cl)cc3)C(=O)N(c3cccc(OC)c3)C2=O)cc1. The van der Waals surface area contributed by atoms with Crippen LogP contribution in [0.25, 0.3) is 5.57 Å². The molecule has 0 bridgehead atoms. The Morgan fingerprint density at radius 2 is 1.65 bits per heavy atom. The molecule has 1 aliphatic heterocycles. The number of imide groups is 1. The molecule has 3 aromatic rings.